The molecule has 0 heterocycles. The Hall–Kier alpha value is -1.41. The minimum Gasteiger partial charge on any atom is -0.379 e. The van der Waals surface area contributed by atoms with E-state index in [1.54, 1.807) is 22.9 Å². The van der Waals surface area contributed by atoms with Gasteiger partial charge in [-0.2, -0.15) is 0 Å². The molecule has 1 aliphatic carbocycles. The number of hydrogen-bond donors (Lipinski definition) is 1. The standard InChI is InChI=1S/C19H23NS/c1-14(20-18-9-11-19(21-2)12-10-18)16-8-7-15-5-3-4-6-17(15)13-16/h7-14,20H,3-6H2,1-2H3. The van der Waals surface area contributed by atoms with E-state index >= 15 is 0 Å². The average Bonchev–Trinajstić information content (AvgIpc) is 2.55. The maximum absolute atomic E-state index is 3.61. The van der Waals surface area contributed by atoms with Crippen LogP contribution in [0.3, 0.4) is 0 Å². The van der Waals surface area contributed by atoms with Crippen LogP contribution >= 0.6 is 11.8 Å². The molecule has 1 atom stereocenters. The summed E-state index contributed by atoms with van der Waals surface area (Å²) in [6.07, 6.45) is 7.31. The van der Waals surface area contributed by atoms with E-state index < -0.39 is 0 Å². The summed E-state index contributed by atoms with van der Waals surface area (Å²) >= 11 is 1.78. The van der Waals surface area contributed by atoms with Crippen LogP contribution < -0.4 is 5.32 Å². The zero-order chi connectivity index (χ0) is 14.7. The lowest BCUT2D eigenvalue weighted by molar-refractivity contribution is 0.683. The Balaban J connectivity index is 1.73. The van der Waals surface area contributed by atoms with E-state index in [-0.39, 0.29) is 0 Å². The molecule has 0 fully saturated rings. The van der Waals surface area contributed by atoms with Crippen molar-refractivity contribution in [3.05, 3.63) is 59.2 Å². The molecule has 0 aromatic heterocycles. The van der Waals surface area contributed by atoms with Crippen molar-refractivity contribution in [2.45, 2.75) is 43.5 Å². The second-order valence-corrected chi connectivity index (χ2v) is 6.71. The summed E-state index contributed by atoms with van der Waals surface area (Å²) in [5.74, 6) is 0. The minimum atomic E-state index is 0.345. The normalized spacial score (nSPS) is 15.3. The predicted molar refractivity (Wildman–Crippen MR) is 93.3 cm³/mol. The third-order valence-corrected chi connectivity index (χ3v) is 5.09. The van der Waals surface area contributed by atoms with Crippen LogP contribution in [0.5, 0.6) is 0 Å². The van der Waals surface area contributed by atoms with Gasteiger partial charge in [-0.3, -0.25) is 0 Å². The Labute approximate surface area is 132 Å². The van der Waals surface area contributed by atoms with Crippen LogP contribution in [-0.4, -0.2) is 6.26 Å². The van der Waals surface area contributed by atoms with E-state index in [0.717, 1.165) is 0 Å². The van der Waals surface area contributed by atoms with Gasteiger partial charge in [-0.05, 0) is 79.8 Å². The topological polar surface area (TPSA) is 12.0 Å². The Morgan fingerprint density at radius 2 is 1.67 bits per heavy atom. The minimum absolute atomic E-state index is 0.345. The molecule has 0 aliphatic heterocycles. The Bertz CT molecular complexity index is 603. The maximum Gasteiger partial charge on any atom is 0.0485 e. The highest BCUT2D eigenvalue weighted by atomic mass is 32.2. The van der Waals surface area contributed by atoms with E-state index in [0.29, 0.717) is 6.04 Å². The summed E-state index contributed by atoms with van der Waals surface area (Å²) in [5.41, 5.74) is 5.70. The maximum atomic E-state index is 3.61. The van der Waals surface area contributed by atoms with Crippen molar-refractivity contribution in [1.82, 2.24) is 0 Å². The monoisotopic (exact) mass is 297 g/mol. The van der Waals surface area contributed by atoms with E-state index in [4.69, 9.17) is 0 Å². The molecule has 0 saturated carbocycles. The van der Waals surface area contributed by atoms with Crippen LogP contribution in [0.15, 0.2) is 47.4 Å². The van der Waals surface area contributed by atoms with Gasteiger partial charge in [0.05, 0.1) is 0 Å². The Morgan fingerprint density at radius 3 is 2.38 bits per heavy atom. The summed E-state index contributed by atoms with van der Waals surface area (Å²) in [7, 11) is 0. The van der Waals surface area contributed by atoms with Gasteiger partial charge < -0.3 is 5.32 Å². The van der Waals surface area contributed by atoms with Crippen molar-refractivity contribution in [1.29, 1.82) is 0 Å². The number of benzene rings is 2. The fourth-order valence-electron chi connectivity index (χ4n) is 3.04. The lowest BCUT2D eigenvalue weighted by Crippen LogP contribution is -2.09. The highest BCUT2D eigenvalue weighted by Gasteiger charge is 2.12. The smallest absolute Gasteiger partial charge is 0.0485 e. The van der Waals surface area contributed by atoms with Crippen LogP contribution in [0.2, 0.25) is 0 Å². The summed E-state index contributed by atoms with van der Waals surface area (Å²) in [6, 6.07) is 16.1. The largest absolute Gasteiger partial charge is 0.379 e. The van der Waals surface area contributed by atoms with Gasteiger partial charge in [-0.1, -0.05) is 18.2 Å². The molecule has 1 N–H and O–H groups in total. The lowest BCUT2D eigenvalue weighted by atomic mass is 9.89. The molecule has 0 amide bonds. The van der Waals surface area contributed by atoms with Crippen molar-refractivity contribution >= 4 is 17.4 Å². The molecule has 1 aliphatic rings. The zero-order valence-corrected chi connectivity index (χ0v) is 13.7. The quantitative estimate of drug-likeness (QED) is 0.752. The molecule has 2 aromatic carbocycles. The summed E-state index contributed by atoms with van der Waals surface area (Å²) < 4.78 is 0. The first-order valence-electron chi connectivity index (χ1n) is 7.78. The molecule has 2 heteroatoms. The third kappa shape index (κ3) is 3.44. The van der Waals surface area contributed by atoms with Gasteiger partial charge in [0.2, 0.25) is 0 Å². The SMILES string of the molecule is CSc1ccc(NC(C)c2ccc3c(c2)CCCC3)cc1. The molecule has 110 valence electrons. The highest BCUT2D eigenvalue weighted by molar-refractivity contribution is 7.98. The molecule has 2 aromatic rings. The molecule has 1 nitrogen and oxygen atoms in total. The first-order chi connectivity index (χ1) is 10.3. The van der Waals surface area contributed by atoms with Gasteiger partial charge in [0.1, 0.15) is 0 Å². The van der Waals surface area contributed by atoms with Gasteiger partial charge in [0.15, 0.2) is 0 Å². The van der Waals surface area contributed by atoms with Crippen molar-refractivity contribution in [2.24, 2.45) is 0 Å². The predicted octanol–water partition coefficient (Wildman–Crippen LogP) is 5.46. The van der Waals surface area contributed by atoms with Crippen molar-refractivity contribution in [3.8, 4) is 0 Å². The number of thioether (sulfide) groups is 1. The third-order valence-electron chi connectivity index (χ3n) is 4.35. The molecular weight excluding hydrogens is 274 g/mol. The molecule has 0 bridgehead atoms. The van der Waals surface area contributed by atoms with Crippen LogP contribution in [0.1, 0.15) is 42.5 Å². The van der Waals surface area contributed by atoms with Gasteiger partial charge >= 0.3 is 0 Å². The van der Waals surface area contributed by atoms with E-state index in [1.807, 2.05) is 0 Å². The van der Waals surface area contributed by atoms with Crippen LogP contribution in [-0.2, 0) is 12.8 Å². The van der Waals surface area contributed by atoms with Gasteiger partial charge in [-0.25, -0.2) is 0 Å². The van der Waals surface area contributed by atoms with Crippen molar-refractivity contribution < 1.29 is 0 Å². The molecule has 0 spiro atoms. The van der Waals surface area contributed by atoms with Crippen LogP contribution in [0.25, 0.3) is 0 Å². The molecular formula is C19H23NS. The zero-order valence-electron chi connectivity index (χ0n) is 12.9. The van der Waals surface area contributed by atoms with Gasteiger partial charge in [-0.15, -0.1) is 11.8 Å². The number of hydrogen-bond acceptors (Lipinski definition) is 2. The number of anilines is 1. The first kappa shape index (κ1) is 14.5. The second kappa shape index (κ2) is 6.57. The summed E-state index contributed by atoms with van der Waals surface area (Å²) in [5, 5.41) is 3.61. The molecule has 1 unspecified atom stereocenters. The van der Waals surface area contributed by atoms with Gasteiger partial charge in [0.25, 0.3) is 0 Å². The number of fused-ring (bicyclic) bond motifs is 1. The highest BCUT2D eigenvalue weighted by Crippen LogP contribution is 2.27. The van der Waals surface area contributed by atoms with Gasteiger partial charge in [0, 0.05) is 16.6 Å². The Kier molecular flexibility index (Phi) is 4.54. The van der Waals surface area contributed by atoms with Crippen LogP contribution in [0.4, 0.5) is 5.69 Å². The summed E-state index contributed by atoms with van der Waals surface area (Å²) in [4.78, 5) is 1.31. The first-order valence-corrected chi connectivity index (χ1v) is 9.01. The fourth-order valence-corrected chi connectivity index (χ4v) is 3.45. The number of nitrogens with one attached hydrogen (secondary N) is 1. The molecule has 0 saturated heterocycles. The number of rotatable bonds is 4. The number of aryl methyl sites for hydroxylation is 2. The van der Waals surface area contributed by atoms with Crippen molar-refractivity contribution in [2.75, 3.05) is 11.6 Å². The summed E-state index contributed by atoms with van der Waals surface area (Å²) in [6.45, 7) is 2.24. The molecule has 3 rings (SSSR count). The van der Waals surface area contributed by atoms with Crippen molar-refractivity contribution in [3.63, 3.8) is 0 Å². The molecule has 0 radical (unpaired) electrons. The average molecular weight is 297 g/mol. The van der Waals surface area contributed by atoms with Crippen LogP contribution in [0, 0.1) is 0 Å². The van der Waals surface area contributed by atoms with E-state index in [9.17, 15) is 0 Å². The van der Waals surface area contributed by atoms with E-state index in [2.05, 4.69) is 61.0 Å². The Morgan fingerprint density at radius 1 is 0.952 bits per heavy atom. The van der Waals surface area contributed by atoms with E-state index in [1.165, 1.54) is 41.8 Å². The fraction of sp³-hybridized carbons (Fsp3) is 0.368. The lowest BCUT2D eigenvalue weighted by Gasteiger charge is -2.20. The molecule has 21 heavy (non-hydrogen) atoms. The second-order valence-electron chi connectivity index (χ2n) is 5.83.